The SMILES string of the molecule is CC(NC(=O)Cn1ncc(Cl)c(Cl)c1=O)c1ccc(-c2ccccc2)cc1. The summed E-state index contributed by atoms with van der Waals surface area (Å²) in [5.41, 5.74) is 2.59. The average molecular weight is 402 g/mol. The van der Waals surface area contributed by atoms with Crippen molar-refractivity contribution in [3.63, 3.8) is 0 Å². The minimum Gasteiger partial charge on any atom is -0.348 e. The van der Waals surface area contributed by atoms with Gasteiger partial charge in [-0.2, -0.15) is 5.10 Å². The highest BCUT2D eigenvalue weighted by atomic mass is 35.5. The number of benzene rings is 2. The number of halogens is 2. The molecule has 1 atom stereocenters. The second-order valence-corrected chi connectivity index (χ2v) is 6.83. The molecule has 27 heavy (non-hydrogen) atoms. The third-order valence-corrected chi connectivity index (χ3v) is 4.88. The molecule has 2 aromatic carbocycles. The molecule has 7 heteroatoms. The molecule has 0 spiro atoms. The molecule has 1 aromatic heterocycles. The molecule has 0 aliphatic rings. The number of aromatic nitrogens is 2. The molecule has 0 radical (unpaired) electrons. The van der Waals surface area contributed by atoms with Gasteiger partial charge in [-0.1, -0.05) is 77.8 Å². The summed E-state index contributed by atoms with van der Waals surface area (Å²) in [6.45, 7) is 1.64. The van der Waals surface area contributed by atoms with E-state index in [2.05, 4.69) is 10.4 Å². The first-order valence-corrected chi connectivity index (χ1v) is 9.07. The Kier molecular flexibility index (Phi) is 5.94. The first-order valence-electron chi connectivity index (χ1n) is 8.31. The van der Waals surface area contributed by atoms with Gasteiger partial charge in [0.15, 0.2) is 0 Å². The summed E-state index contributed by atoms with van der Waals surface area (Å²) in [6.07, 6.45) is 1.24. The molecule has 5 nitrogen and oxygen atoms in total. The van der Waals surface area contributed by atoms with Crippen LogP contribution in [0.2, 0.25) is 10.0 Å². The highest BCUT2D eigenvalue weighted by Crippen LogP contribution is 2.21. The Bertz CT molecular complexity index is 1000. The smallest absolute Gasteiger partial charge is 0.287 e. The number of amides is 1. The monoisotopic (exact) mass is 401 g/mol. The number of carbonyl (C=O) groups excluding carboxylic acids is 1. The molecule has 138 valence electrons. The standard InChI is InChI=1S/C20H17Cl2N3O2/c1-13(14-7-9-16(10-8-14)15-5-3-2-4-6-15)24-18(26)12-25-20(27)19(22)17(21)11-23-25/h2-11,13H,12H2,1H3,(H,24,26). The highest BCUT2D eigenvalue weighted by molar-refractivity contribution is 6.41. The van der Waals surface area contributed by atoms with Gasteiger partial charge in [-0.25, -0.2) is 4.68 Å². The van der Waals surface area contributed by atoms with Gasteiger partial charge in [-0.05, 0) is 23.6 Å². The van der Waals surface area contributed by atoms with Gasteiger partial charge in [0.25, 0.3) is 5.56 Å². The molecule has 0 saturated heterocycles. The Morgan fingerprint density at radius 1 is 1.07 bits per heavy atom. The van der Waals surface area contributed by atoms with Crippen molar-refractivity contribution >= 4 is 29.1 Å². The maximum absolute atomic E-state index is 12.2. The zero-order valence-corrected chi connectivity index (χ0v) is 16.0. The maximum Gasteiger partial charge on any atom is 0.287 e. The average Bonchev–Trinajstić information content (AvgIpc) is 2.69. The largest absolute Gasteiger partial charge is 0.348 e. The summed E-state index contributed by atoms with van der Waals surface area (Å²) in [5.74, 6) is -0.345. The second kappa shape index (κ2) is 8.37. The summed E-state index contributed by atoms with van der Waals surface area (Å²) in [6, 6.07) is 17.8. The molecule has 3 rings (SSSR count). The third kappa shape index (κ3) is 4.56. The Balaban J connectivity index is 1.66. The quantitative estimate of drug-likeness (QED) is 0.699. The van der Waals surface area contributed by atoms with Gasteiger partial charge in [0.1, 0.15) is 11.6 Å². The van der Waals surface area contributed by atoms with Crippen molar-refractivity contribution in [1.29, 1.82) is 0 Å². The molecule has 3 aromatic rings. The fraction of sp³-hybridized carbons (Fsp3) is 0.150. The van der Waals surface area contributed by atoms with Crippen LogP contribution in [0.1, 0.15) is 18.5 Å². The van der Waals surface area contributed by atoms with Crippen molar-refractivity contribution in [1.82, 2.24) is 15.1 Å². The molecule has 1 N–H and O–H groups in total. The first-order chi connectivity index (χ1) is 13.0. The van der Waals surface area contributed by atoms with Gasteiger partial charge in [0.05, 0.1) is 17.3 Å². The van der Waals surface area contributed by atoms with Crippen LogP contribution in [0.15, 0.2) is 65.6 Å². The summed E-state index contributed by atoms with van der Waals surface area (Å²) < 4.78 is 0.981. The van der Waals surface area contributed by atoms with Gasteiger partial charge >= 0.3 is 0 Å². The molecule has 0 bridgehead atoms. The van der Waals surface area contributed by atoms with Crippen molar-refractivity contribution in [2.75, 3.05) is 0 Å². The highest BCUT2D eigenvalue weighted by Gasteiger charge is 2.14. The van der Waals surface area contributed by atoms with E-state index in [4.69, 9.17) is 23.2 Å². The van der Waals surface area contributed by atoms with E-state index in [-0.39, 0.29) is 28.5 Å². The molecular formula is C20H17Cl2N3O2. The molecule has 1 heterocycles. The minimum absolute atomic E-state index is 0.0604. The molecule has 1 unspecified atom stereocenters. The Hall–Kier alpha value is -2.63. The first kappa shape index (κ1) is 19.1. The summed E-state index contributed by atoms with van der Waals surface area (Å²) >= 11 is 11.5. The van der Waals surface area contributed by atoms with Crippen LogP contribution in [-0.2, 0) is 11.3 Å². The van der Waals surface area contributed by atoms with Crippen LogP contribution >= 0.6 is 23.2 Å². The van der Waals surface area contributed by atoms with Crippen LogP contribution < -0.4 is 10.9 Å². The summed E-state index contributed by atoms with van der Waals surface area (Å²) in [5, 5.41) is 6.59. The van der Waals surface area contributed by atoms with E-state index in [1.807, 2.05) is 61.5 Å². The van der Waals surface area contributed by atoms with Gasteiger partial charge in [-0.15, -0.1) is 0 Å². The van der Waals surface area contributed by atoms with Gasteiger partial charge in [-0.3, -0.25) is 9.59 Å². The van der Waals surface area contributed by atoms with Crippen LogP contribution in [0.25, 0.3) is 11.1 Å². The zero-order chi connectivity index (χ0) is 19.4. The minimum atomic E-state index is -0.598. The van der Waals surface area contributed by atoms with E-state index >= 15 is 0 Å². The van der Waals surface area contributed by atoms with Crippen LogP contribution in [0.4, 0.5) is 0 Å². The molecular weight excluding hydrogens is 385 g/mol. The van der Waals surface area contributed by atoms with Crippen LogP contribution in [0.5, 0.6) is 0 Å². The predicted octanol–water partition coefficient (Wildman–Crippen LogP) is 4.09. The molecule has 0 aliphatic carbocycles. The fourth-order valence-electron chi connectivity index (χ4n) is 2.66. The van der Waals surface area contributed by atoms with Crippen molar-refractivity contribution in [3.05, 3.63) is 86.8 Å². The molecule has 0 fully saturated rings. The summed E-state index contributed by atoms with van der Waals surface area (Å²) in [7, 11) is 0. The molecule has 1 amide bonds. The zero-order valence-electron chi connectivity index (χ0n) is 14.5. The van der Waals surface area contributed by atoms with Crippen LogP contribution in [0.3, 0.4) is 0 Å². The van der Waals surface area contributed by atoms with Crippen molar-refractivity contribution in [2.24, 2.45) is 0 Å². The van der Waals surface area contributed by atoms with Crippen LogP contribution in [-0.4, -0.2) is 15.7 Å². The van der Waals surface area contributed by atoms with E-state index in [9.17, 15) is 9.59 Å². The predicted molar refractivity (Wildman–Crippen MR) is 107 cm³/mol. The number of carbonyl (C=O) groups is 1. The van der Waals surface area contributed by atoms with E-state index < -0.39 is 5.56 Å². The lowest BCUT2D eigenvalue weighted by Crippen LogP contribution is -2.35. The van der Waals surface area contributed by atoms with E-state index in [0.29, 0.717) is 0 Å². The number of nitrogens with zero attached hydrogens (tertiary/aromatic N) is 2. The number of hydrogen-bond acceptors (Lipinski definition) is 3. The topological polar surface area (TPSA) is 64.0 Å². The Labute approximate surface area is 166 Å². The fourth-order valence-corrected chi connectivity index (χ4v) is 2.93. The summed E-state index contributed by atoms with van der Waals surface area (Å²) in [4.78, 5) is 24.2. The lowest BCUT2D eigenvalue weighted by molar-refractivity contribution is -0.122. The Morgan fingerprint density at radius 3 is 2.37 bits per heavy atom. The van der Waals surface area contributed by atoms with E-state index in [1.165, 1.54) is 6.20 Å². The lowest BCUT2D eigenvalue weighted by atomic mass is 10.0. The Morgan fingerprint density at radius 2 is 1.70 bits per heavy atom. The number of rotatable bonds is 5. The van der Waals surface area contributed by atoms with Gasteiger partial charge < -0.3 is 5.32 Å². The van der Waals surface area contributed by atoms with Crippen LogP contribution in [0, 0.1) is 0 Å². The van der Waals surface area contributed by atoms with Crippen molar-refractivity contribution < 1.29 is 4.79 Å². The maximum atomic E-state index is 12.2. The van der Waals surface area contributed by atoms with Crippen molar-refractivity contribution in [3.8, 4) is 11.1 Å². The van der Waals surface area contributed by atoms with E-state index in [1.54, 1.807) is 0 Å². The molecule has 0 saturated carbocycles. The number of hydrogen-bond donors (Lipinski definition) is 1. The van der Waals surface area contributed by atoms with Crippen molar-refractivity contribution in [2.45, 2.75) is 19.5 Å². The van der Waals surface area contributed by atoms with E-state index in [0.717, 1.165) is 21.4 Å². The lowest BCUT2D eigenvalue weighted by Gasteiger charge is -2.15. The molecule has 0 aliphatic heterocycles. The second-order valence-electron chi connectivity index (χ2n) is 6.05. The van der Waals surface area contributed by atoms with Gasteiger partial charge in [0, 0.05) is 0 Å². The third-order valence-electron chi connectivity index (χ3n) is 4.13. The normalized spacial score (nSPS) is 11.8. The van der Waals surface area contributed by atoms with Gasteiger partial charge in [0.2, 0.25) is 5.91 Å². The number of nitrogens with one attached hydrogen (secondary N) is 1.